The van der Waals surface area contributed by atoms with Gasteiger partial charge in [0, 0.05) is 6.54 Å². The minimum Gasteiger partial charge on any atom is -0.351 e. The Labute approximate surface area is 176 Å². The van der Waals surface area contributed by atoms with E-state index in [4.69, 9.17) is 0 Å². The van der Waals surface area contributed by atoms with Crippen molar-refractivity contribution in [1.82, 2.24) is 30.3 Å². The first kappa shape index (κ1) is 20.0. The minimum atomic E-state index is -0.302. The zero-order valence-electron chi connectivity index (χ0n) is 16.2. The molecule has 0 spiro atoms. The molecule has 4 rings (SSSR count). The first-order valence-corrected chi connectivity index (χ1v) is 10.3. The fourth-order valence-electron chi connectivity index (χ4n) is 2.84. The maximum Gasteiger partial charge on any atom is 0.230 e. The number of nitrogens with one attached hydrogen (secondary N) is 1. The summed E-state index contributed by atoms with van der Waals surface area (Å²) in [5, 5.41) is 11.8. The molecule has 0 saturated carbocycles. The number of thioether (sulfide) groups is 1. The van der Waals surface area contributed by atoms with Gasteiger partial charge in [-0.15, -0.1) is 5.10 Å². The van der Waals surface area contributed by atoms with Gasteiger partial charge in [0.1, 0.15) is 17.2 Å². The van der Waals surface area contributed by atoms with Crippen LogP contribution in [0.15, 0.2) is 59.9 Å². The summed E-state index contributed by atoms with van der Waals surface area (Å²) in [5.74, 6) is -0.273. The number of carbonyl (C=O) groups excluding carboxylic acids is 1. The Bertz CT molecular complexity index is 1160. The molecule has 1 N–H and O–H groups in total. The molecule has 0 aliphatic heterocycles. The van der Waals surface area contributed by atoms with Crippen molar-refractivity contribution >= 4 is 28.8 Å². The number of aryl methyl sites for hydroxylation is 1. The third kappa shape index (κ3) is 4.80. The van der Waals surface area contributed by atoms with Crippen LogP contribution in [0.1, 0.15) is 16.7 Å². The van der Waals surface area contributed by atoms with Gasteiger partial charge in [-0.3, -0.25) is 4.79 Å². The lowest BCUT2D eigenvalue weighted by Crippen LogP contribution is -2.24. The summed E-state index contributed by atoms with van der Waals surface area (Å²) in [4.78, 5) is 20.7. The Balaban J connectivity index is 1.39. The number of fused-ring (bicyclic) bond motifs is 1. The molecule has 2 aromatic carbocycles. The maximum atomic E-state index is 12.9. The van der Waals surface area contributed by atoms with E-state index in [0.29, 0.717) is 29.3 Å². The number of halogens is 1. The molecular formula is C21H19FN6OS. The molecule has 0 saturated heterocycles. The second-order valence-corrected chi connectivity index (χ2v) is 7.74. The van der Waals surface area contributed by atoms with Gasteiger partial charge in [0.05, 0.1) is 12.3 Å². The van der Waals surface area contributed by atoms with E-state index in [2.05, 4.69) is 37.7 Å². The van der Waals surface area contributed by atoms with Gasteiger partial charge in [-0.05, 0) is 30.2 Å². The maximum absolute atomic E-state index is 12.9. The van der Waals surface area contributed by atoms with E-state index < -0.39 is 0 Å². The Morgan fingerprint density at radius 1 is 1.07 bits per heavy atom. The number of rotatable bonds is 7. The van der Waals surface area contributed by atoms with Crippen molar-refractivity contribution in [3.8, 4) is 0 Å². The van der Waals surface area contributed by atoms with Crippen LogP contribution in [0.2, 0.25) is 0 Å². The zero-order chi connectivity index (χ0) is 20.9. The summed E-state index contributed by atoms with van der Waals surface area (Å²) in [6.45, 7) is 2.93. The highest BCUT2D eigenvalue weighted by atomic mass is 32.2. The smallest absolute Gasteiger partial charge is 0.230 e. The van der Waals surface area contributed by atoms with Gasteiger partial charge in [0.25, 0.3) is 0 Å². The van der Waals surface area contributed by atoms with Crippen molar-refractivity contribution in [3.05, 3.63) is 77.4 Å². The van der Waals surface area contributed by atoms with Gasteiger partial charge in [0.2, 0.25) is 5.91 Å². The molecule has 0 radical (unpaired) electrons. The Morgan fingerprint density at radius 2 is 1.80 bits per heavy atom. The quantitative estimate of drug-likeness (QED) is 0.364. The van der Waals surface area contributed by atoms with Crippen LogP contribution in [0.25, 0.3) is 11.2 Å². The second kappa shape index (κ2) is 9.00. The van der Waals surface area contributed by atoms with E-state index in [1.54, 1.807) is 16.8 Å². The zero-order valence-corrected chi connectivity index (χ0v) is 17.1. The van der Waals surface area contributed by atoms with Crippen LogP contribution < -0.4 is 5.32 Å². The highest BCUT2D eigenvalue weighted by molar-refractivity contribution is 8.00. The Hall–Kier alpha value is -3.33. The molecule has 1 amide bonds. The van der Waals surface area contributed by atoms with Crippen molar-refractivity contribution in [2.45, 2.75) is 25.0 Å². The molecule has 0 bridgehead atoms. The minimum absolute atomic E-state index is 0.150. The number of hydrogen-bond donors (Lipinski definition) is 1. The molecule has 0 aliphatic rings. The number of amides is 1. The SMILES string of the molecule is Cc1ccc(Cn2nnc3c(SCC(=O)NCc4ccc(F)cc4)ncnc32)cc1. The van der Waals surface area contributed by atoms with Crippen molar-refractivity contribution < 1.29 is 9.18 Å². The van der Waals surface area contributed by atoms with E-state index in [-0.39, 0.29) is 17.5 Å². The summed E-state index contributed by atoms with van der Waals surface area (Å²) in [7, 11) is 0. The molecule has 0 atom stereocenters. The van der Waals surface area contributed by atoms with Gasteiger partial charge >= 0.3 is 0 Å². The van der Waals surface area contributed by atoms with Crippen LogP contribution >= 0.6 is 11.8 Å². The summed E-state index contributed by atoms with van der Waals surface area (Å²) in [6, 6.07) is 14.2. The summed E-state index contributed by atoms with van der Waals surface area (Å²) in [5.41, 5.74) is 4.32. The standard InChI is InChI=1S/C21H19FN6OS/c1-14-2-4-16(5-3-14)11-28-20-19(26-27-28)21(25-13-24-20)30-12-18(29)23-10-15-6-8-17(22)9-7-15/h2-9,13H,10-12H2,1H3,(H,23,29). The van der Waals surface area contributed by atoms with E-state index in [9.17, 15) is 9.18 Å². The Morgan fingerprint density at radius 3 is 2.57 bits per heavy atom. The average molecular weight is 422 g/mol. The Kier molecular flexibility index (Phi) is 5.99. The molecule has 30 heavy (non-hydrogen) atoms. The van der Waals surface area contributed by atoms with E-state index in [1.807, 2.05) is 19.1 Å². The third-order valence-corrected chi connectivity index (χ3v) is 5.44. The van der Waals surface area contributed by atoms with Gasteiger partial charge in [-0.1, -0.05) is 58.9 Å². The molecule has 2 heterocycles. The van der Waals surface area contributed by atoms with Crippen LogP contribution in [0.5, 0.6) is 0 Å². The van der Waals surface area contributed by atoms with E-state index in [1.165, 1.54) is 35.8 Å². The largest absolute Gasteiger partial charge is 0.351 e. The molecule has 0 fully saturated rings. The van der Waals surface area contributed by atoms with Crippen LogP contribution in [-0.4, -0.2) is 36.6 Å². The molecule has 2 aromatic heterocycles. The summed E-state index contributed by atoms with van der Waals surface area (Å²) >= 11 is 1.28. The van der Waals surface area contributed by atoms with Gasteiger partial charge in [-0.2, -0.15) is 0 Å². The van der Waals surface area contributed by atoms with Gasteiger partial charge in [0.15, 0.2) is 11.2 Å². The second-order valence-electron chi connectivity index (χ2n) is 6.78. The van der Waals surface area contributed by atoms with E-state index in [0.717, 1.165) is 11.1 Å². The monoisotopic (exact) mass is 422 g/mol. The molecule has 9 heteroatoms. The van der Waals surface area contributed by atoms with Crippen LogP contribution in [0.4, 0.5) is 4.39 Å². The van der Waals surface area contributed by atoms with Gasteiger partial charge in [-0.25, -0.2) is 19.0 Å². The number of hydrogen-bond acceptors (Lipinski definition) is 6. The molecule has 152 valence electrons. The molecule has 4 aromatic rings. The molecule has 7 nitrogen and oxygen atoms in total. The highest BCUT2D eigenvalue weighted by Crippen LogP contribution is 2.22. The molecule has 0 aliphatic carbocycles. The fraction of sp³-hybridized carbons (Fsp3) is 0.190. The number of carbonyl (C=O) groups is 1. The number of aromatic nitrogens is 5. The molecular weight excluding hydrogens is 403 g/mol. The van der Waals surface area contributed by atoms with Crippen LogP contribution in [0, 0.1) is 12.7 Å². The van der Waals surface area contributed by atoms with Crippen molar-refractivity contribution in [2.24, 2.45) is 0 Å². The topological polar surface area (TPSA) is 85.6 Å². The van der Waals surface area contributed by atoms with Gasteiger partial charge < -0.3 is 5.32 Å². The predicted molar refractivity (Wildman–Crippen MR) is 112 cm³/mol. The summed E-state index contributed by atoms with van der Waals surface area (Å²) < 4.78 is 14.7. The van der Waals surface area contributed by atoms with E-state index >= 15 is 0 Å². The third-order valence-electron chi connectivity index (χ3n) is 4.46. The lowest BCUT2D eigenvalue weighted by atomic mass is 10.1. The fourth-order valence-corrected chi connectivity index (χ4v) is 3.60. The predicted octanol–water partition coefficient (Wildman–Crippen LogP) is 3.13. The number of nitrogens with zero attached hydrogens (tertiary/aromatic N) is 5. The highest BCUT2D eigenvalue weighted by Gasteiger charge is 2.14. The normalized spacial score (nSPS) is 11.0. The average Bonchev–Trinajstić information content (AvgIpc) is 3.17. The molecule has 0 unspecified atom stereocenters. The van der Waals surface area contributed by atoms with Crippen molar-refractivity contribution in [1.29, 1.82) is 0 Å². The first-order valence-electron chi connectivity index (χ1n) is 9.32. The van der Waals surface area contributed by atoms with Crippen LogP contribution in [-0.2, 0) is 17.9 Å². The first-order chi connectivity index (χ1) is 14.6. The van der Waals surface area contributed by atoms with Crippen molar-refractivity contribution in [2.75, 3.05) is 5.75 Å². The van der Waals surface area contributed by atoms with Crippen molar-refractivity contribution in [3.63, 3.8) is 0 Å². The van der Waals surface area contributed by atoms with Crippen LogP contribution in [0.3, 0.4) is 0 Å². The summed E-state index contributed by atoms with van der Waals surface area (Å²) in [6.07, 6.45) is 1.45. The lowest BCUT2D eigenvalue weighted by molar-refractivity contribution is -0.118. The lowest BCUT2D eigenvalue weighted by Gasteiger charge is -2.06. The number of benzene rings is 2.